The molecule has 8 heteroatoms. The van der Waals surface area contributed by atoms with Gasteiger partial charge in [-0.1, -0.05) is 18.2 Å². The van der Waals surface area contributed by atoms with E-state index >= 15 is 0 Å². The highest BCUT2D eigenvalue weighted by atomic mass is 16.5. The lowest BCUT2D eigenvalue weighted by atomic mass is 10.00. The quantitative estimate of drug-likeness (QED) is 0.293. The van der Waals surface area contributed by atoms with E-state index in [9.17, 15) is 14.4 Å². The van der Waals surface area contributed by atoms with E-state index in [1.807, 2.05) is 18.2 Å². The molecule has 0 spiro atoms. The summed E-state index contributed by atoms with van der Waals surface area (Å²) in [5.74, 6) is -3.00. The van der Waals surface area contributed by atoms with E-state index in [0.29, 0.717) is 5.75 Å². The number of benzene rings is 1. The Bertz CT molecular complexity index is 505. The summed E-state index contributed by atoms with van der Waals surface area (Å²) in [6.07, 6.45) is -0.910. The van der Waals surface area contributed by atoms with Crippen molar-refractivity contribution in [2.45, 2.75) is 12.8 Å². The van der Waals surface area contributed by atoms with Crippen LogP contribution in [0.5, 0.6) is 5.75 Å². The summed E-state index contributed by atoms with van der Waals surface area (Å²) in [6.45, 7) is 0.381. The highest BCUT2D eigenvalue weighted by Crippen LogP contribution is 2.10. The van der Waals surface area contributed by atoms with Crippen LogP contribution in [0.3, 0.4) is 0 Å². The number of carbonyl (C=O) groups excluding carboxylic acids is 2. The van der Waals surface area contributed by atoms with E-state index in [1.54, 1.807) is 12.1 Å². The van der Waals surface area contributed by atoms with Crippen molar-refractivity contribution in [3.63, 3.8) is 0 Å². The summed E-state index contributed by atoms with van der Waals surface area (Å²) in [5, 5.41) is 19.7. The van der Waals surface area contributed by atoms with Crippen LogP contribution in [-0.2, 0) is 14.4 Å². The maximum Gasteiger partial charge on any atom is 0.304 e. The van der Waals surface area contributed by atoms with Crippen molar-refractivity contribution in [2.75, 3.05) is 13.2 Å². The Balaban J connectivity index is 2.38. The third-order valence-electron chi connectivity index (χ3n) is 2.76. The monoisotopic (exact) mass is 310 g/mol. The molecule has 0 radical (unpaired) electrons. The molecular formula is C14H18N2O6. The van der Waals surface area contributed by atoms with Gasteiger partial charge in [0.1, 0.15) is 12.4 Å². The number of hydrogen-bond donors (Lipinski definition) is 4. The first-order chi connectivity index (χ1) is 10.5. The van der Waals surface area contributed by atoms with Gasteiger partial charge in [-0.2, -0.15) is 0 Å². The normalized spacial score (nSPS) is 11.3. The predicted molar refractivity (Wildman–Crippen MR) is 75.2 cm³/mol. The second kappa shape index (κ2) is 9.35. The number of carbonyl (C=O) groups is 3. The zero-order valence-corrected chi connectivity index (χ0v) is 11.8. The van der Waals surface area contributed by atoms with Gasteiger partial charge in [0.25, 0.3) is 0 Å². The number of amides is 2. The largest absolute Gasteiger partial charge is 0.492 e. The van der Waals surface area contributed by atoms with E-state index in [0.717, 1.165) is 0 Å². The zero-order chi connectivity index (χ0) is 16.4. The first-order valence-electron chi connectivity index (χ1n) is 6.63. The fourth-order valence-electron chi connectivity index (χ4n) is 1.74. The molecule has 22 heavy (non-hydrogen) atoms. The molecule has 1 rings (SSSR count). The second-order valence-electron chi connectivity index (χ2n) is 4.49. The SMILES string of the molecule is O=C(O)CC(CC(=O)NO)C(=O)NCCOc1ccccc1. The van der Waals surface area contributed by atoms with Crippen LogP contribution in [-0.4, -0.2) is 41.2 Å². The van der Waals surface area contributed by atoms with E-state index in [2.05, 4.69) is 5.32 Å². The molecule has 8 nitrogen and oxygen atoms in total. The van der Waals surface area contributed by atoms with E-state index in [-0.39, 0.29) is 13.2 Å². The van der Waals surface area contributed by atoms with Crippen molar-refractivity contribution >= 4 is 17.8 Å². The van der Waals surface area contributed by atoms with Gasteiger partial charge in [-0.05, 0) is 12.1 Å². The number of para-hydroxylation sites is 1. The molecule has 0 heterocycles. The van der Waals surface area contributed by atoms with Crippen molar-refractivity contribution in [3.8, 4) is 5.75 Å². The molecule has 0 aliphatic rings. The number of carboxylic acid groups (broad SMARTS) is 1. The molecule has 1 aromatic carbocycles. The van der Waals surface area contributed by atoms with Crippen LogP contribution in [0.2, 0.25) is 0 Å². The molecule has 1 unspecified atom stereocenters. The predicted octanol–water partition coefficient (Wildman–Crippen LogP) is 0.168. The minimum atomic E-state index is -1.20. The molecule has 120 valence electrons. The van der Waals surface area contributed by atoms with Crippen LogP contribution >= 0.6 is 0 Å². The summed E-state index contributed by atoms with van der Waals surface area (Å²) in [4.78, 5) is 33.6. The lowest BCUT2D eigenvalue weighted by Gasteiger charge is -2.14. The first kappa shape index (κ1) is 17.4. The summed E-state index contributed by atoms with van der Waals surface area (Å²) in [5.41, 5.74) is 1.38. The van der Waals surface area contributed by atoms with Gasteiger partial charge < -0.3 is 15.2 Å². The number of nitrogens with one attached hydrogen (secondary N) is 2. The summed E-state index contributed by atoms with van der Waals surface area (Å²) < 4.78 is 5.37. The van der Waals surface area contributed by atoms with Gasteiger partial charge in [-0.3, -0.25) is 19.6 Å². The molecule has 0 fully saturated rings. The van der Waals surface area contributed by atoms with Crippen molar-refractivity contribution in [3.05, 3.63) is 30.3 Å². The molecular weight excluding hydrogens is 292 g/mol. The molecule has 0 aliphatic carbocycles. The summed E-state index contributed by atoms with van der Waals surface area (Å²) in [7, 11) is 0. The van der Waals surface area contributed by atoms with Gasteiger partial charge in [0.2, 0.25) is 11.8 Å². The summed E-state index contributed by atoms with van der Waals surface area (Å²) in [6, 6.07) is 8.99. The van der Waals surface area contributed by atoms with Gasteiger partial charge in [0.15, 0.2) is 0 Å². The topological polar surface area (TPSA) is 125 Å². The van der Waals surface area contributed by atoms with Crippen LogP contribution in [0.25, 0.3) is 0 Å². The Kier molecular flexibility index (Phi) is 7.41. The third kappa shape index (κ3) is 6.71. The molecule has 4 N–H and O–H groups in total. The van der Waals surface area contributed by atoms with Crippen molar-refractivity contribution < 1.29 is 29.4 Å². The third-order valence-corrected chi connectivity index (χ3v) is 2.76. The lowest BCUT2D eigenvalue weighted by Crippen LogP contribution is -2.37. The maximum absolute atomic E-state index is 11.8. The highest BCUT2D eigenvalue weighted by Gasteiger charge is 2.24. The number of hydrogen-bond acceptors (Lipinski definition) is 5. The van der Waals surface area contributed by atoms with Crippen LogP contribution in [0.15, 0.2) is 30.3 Å². The van der Waals surface area contributed by atoms with Crippen LogP contribution in [0.4, 0.5) is 0 Å². The average molecular weight is 310 g/mol. The lowest BCUT2D eigenvalue weighted by molar-refractivity contribution is -0.142. The first-order valence-corrected chi connectivity index (χ1v) is 6.63. The Morgan fingerprint density at radius 3 is 2.41 bits per heavy atom. The van der Waals surface area contributed by atoms with Crippen LogP contribution in [0, 0.1) is 5.92 Å². The van der Waals surface area contributed by atoms with Gasteiger partial charge in [0.05, 0.1) is 18.9 Å². The number of hydroxylamine groups is 1. The van der Waals surface area contributed by atoms with Crippen molar-refractivity contribution in [1.82, 2.24) is 10.8 Å². The van der Waals surface area contributed by atoms with E-state index < -0.39 is 36.5 Å². The van der Waals surface area contributed by atoms with Crippen molar-refractivity contribution in [2.24, 2.45) is 5.92 Å². The Labute approximate surface area is 127 Å². The molecule has 0 aromatic heterocycles. The molecule has 0 bridgehead atoms. The fourth-order valence-corrected chi connectivity index (χ4v) is 1.74. The van der Waals surface area contributed by atoms with Gasteiger partial charge >= 0.3 is 5.97 Å². The van der Waals surface area contributed by atoms with Crippen LogP contribution in [0.1, 0.15) is 12.8 Å². The Morgan fingerprint density at radius 1 is 1.14 bits per heavy atom. The van der Waals surface area contributed by atoms with Crippen molar-refractivity contribution in [1.29, 1.82) is 0 Å². The second-order valence-corrected chi connectivity index (χ2v) is 4.49. The highest BCUT2D eigenvalue weighted by molar-refractivity contribution is 5.88. The molecule has 1 atom stereocenters. The average Bonchev–Trinajstić information content (AvgIpc) is 2.51. The number of carboxylic acids is 1. The summed E-state index contributed by atoms with van der Waals surface area (Å²) >= 11 is 0. The van der Waals surface area contributed by atoms with Gasteiger partial charge in [-0.25, -0.2) is 5.48 Å². The molecule has 0 saturated heterocycles. The minimum absolute atomic E-state index is 0.171. The zero-order valence-electron chi connectivity index (χ0n) is 11.8. The Morgan fingerprint density at radius 2 is 1.82 bits per heavy atom. The Hall–Kier alpha value is -2.61. The molecule has 0 saturated carbocycles. The fraction of sp³-hybridized carbons (Fsp3) is 0.357. The van der Waals surface area contributed by atoms with E-state index in [1.165, 1.54) is 5.48 Å². The van der Waals surface area contributed by atoms with Gasteiger partial charge in [-0.15, -0.1) is 0 Å². The standard InChI is InChI=1S/C14H18N2O6/c17-12(16-21)8-10(9-13(18)19)14(20)15-6-7-22-11-4-2-1-3-5-11/h1-5,10,21H,6-9H2,(H,15,20)(H,16,17)(H,18,19). The number of rotatable bonds is 9. The van der Waals surface area contributed by atoms with Crippen LogP contribution < -0.4 is 15.5 Å². The maximum atomic E-state index is 11.8. The number of ether oxygens (including phenoxy) is 1. The molecule has 1 aromatic rings. The van der Waals surface area contributed by atoms with E-state index in [4.69, 9.17) is 15.1 Å². The minimum Gasteiger partial charge on any atom is -0.492 e. The number of aliphatic carboxylic acids is 1. The smallest absolute Gasteiger partial charge is 0.304 e. The molecule has 2 amide bonds. The molecule has 0 aliphatic heterocycles. The van der Waals surface area contributed by atoms with Gasteiger partial charge in [0, 0.05) is 6.42 Å².